The van der Waals surface area contributed by atoms with Gasteiger partial charge in [0.15, 0.2) is 5.82 Å². The first-order chi connectivity index (χ1) is 14.5. The molecule has 0 fully saturated rings. The van der Waals surface area contributed by atoms with Crippen LogP contribution in [-0.2, 0) is 0 Å². The van der Waals surface area contributed by atoms with E-state index in [1.807, 2.05) is 61.5 Å². The van der Waals surface area contributed by atoms with Crippen molar-refractivity contribution in [2.75, 3.05) is 10.6 Å². The lowest BCUT2D eigenvalue weighted by Gasteiger charge is -2.21. The molecule has 4 rings (SSSR count). The average Bonchev–Trinajstić information content (AvgIpc) is 3.30. The average molecular weight is 418 g/mol. The Morgan fingerprint density at radius 3 is 2.30 bits per heavy atom. The fourth-order valence-corrected chi connectivity index (χ4v) is 4.49. The molecule has 0 spiro atoms. The number of aryl methyl sites for hydroxylation is 2. The van der Waals surface area contributed by atoms with Gasteiger partial charge in [0.05, 0.1) is 6.04 Å². The summed E-state index contributed by atoms with van der Waals surface area (Å²) in [6.07, 6.45) is 0. The number of hydrogen-bond donors (Lipinski definition) is 2. The van der Waals surface area contributed by atoms with Crippen LogP contribution in [0.3, 0.4) is 0 Å². The molecular weight excluding hydrogens is 394 g/mol. The van der Waals surface area contributed by atoms with E-state index in [1.165, 1.54) is 0 Å². The molecule has 0 aliphatic carbocycles. The number of thiophene rings is 1. The molecule has 0 aliphatic heterocycles. The highest BCUT2D eigenvalue weighted by molar-refractivity contribution is 7.16. The third kappa shape index (κ3) is 4.14. The molecule has 0 unspecified atom stereocenters. The van der Waals surface area contributed by atoms with E-state index in [-0.39, 0.29) is 11.9 Å². The Labute approximate surface area is 179 Å². The summed E-state index contributed by atoms with van der Waals surface area (Å²) < 4.78 is 5.25. The molecule has 0 bridgehead atoms. The first kappa shape index (κ1) is 19.9. The predicted octanol–water partition coefficient (Wildman–Crippen LogP) is 6.12. The molecule has 1 atom stereocenters. The summed E-state index contributed by atoms with van der Waals surface area (Å²) in [7, 11) is 0. The molecule has 2 heterocycles. The van der Waals surface area contributed by atoms with Gasteiger partial charge in [-0.3, -0.25) is 4.79 Å². The second-order valence-corrected chi connectivity index (χ2v) is 8.38. The summed E-state index contributed by atoms with van der Waals surface area (Å²) in [6, 6.07) is 21.1. The molecule has 2 aromatic heterocycles. The van der Waals surface area contributed by atoms with Gasteiger partial charge in [-0.05, 0) is 44.0 Å². The fraction of sp³-hybridized carbons (Fsp3) is 0.167. The van der Waals surface area contributed by atoms with Crippen LogP contribution in [0.2, 0.25) is 0 Å². The fourth-order valence-electron chi connectivity index (χ4n) is 3.40. The van der Waals surface area contributed by atoms with Gasteiger partial charge >= 0.3 is 0 Å². The van der Waals surface area contributed by atoms with E-state index in [0.29, 0.717) is 11.4 Å². The van der Waals surface area contributed by atoms with E-state index in [1.54, 1.807) is 11.3 Å². The summed E-state index contributed by atoms with van der Waals surface area (Å²) >= 11 is 1.59. The minimum Gasteiger partial charge on any atom is -0.360 e. The number of amides is 1. The number of hydrogen-bond acceptors (Lipinski definition) is 5. The van der Waals surface area contributed by atoms with E-state index in [2.05, 4.69) is 41.8 Å². The molecule has 152 valence electrons. The Morgan fingerprint density at radius 2 is 1.67 bits per heavy atom. The van der Waals surface area contributed by atoms with E-state index in [0.717, 1.165) is 32.3 Å². The number of carbonyl (C=O) groups is 1. The Kier molecular flexibility index (Phi) is 5.68. The van der Waals surface area contributed by atoms with Crippen molar-refractivity contribution in [2.24, 2.45) is 0 Å². The lowest BCUT2D eigenvalue weighted by molar-refractivity contribution is 0.102. The van der Waals surface area contributed by atoms with Crippen molar-refractivity contribution in [3.05, 3.63) is 99.6 Å². The zero-order valence-corrected chi connectivity index (χ0v) is 17.9. The third-order valence-corrected chi connectivity index (χ3v) is 6.18. The number of nitrogens with one attached hydrogen (secondary N) is 2. The van der Waals surface area contributed by atoms with Crippen molar-refractivity contribution < 1.29 is 9.32 Å². The normalized spacial score (nSPS) is 11.8. The largest absolute Gasteiger partial charge is 0.360 e. The maximum Gasteiger partial charge on any atom is 0.256 e. The lowest BCUT2D eigenvalue weighted by Crippen LogP contribution is -2.17. The highest BCUT2D eigenvalue weighted by atomic mass is 32.1. The SMILES string of the molecule is Cc1cc(N[C@H](c2ccccc2)c2c(NC(=O)c3ccccc3)sc(C)c2C)no1. The van der Waals surface area contributed by atoms with Crippen molar-refractivity contribution in [1.82, 2.24) is 5.16 Å². The minimum absolute atomic E-state index is 0.123. The summed E-state index contributed by atoms with van der Waals surface area (Å²) in [5.74, 6) is 1.27. The van der Waals surface area contributed by atoms with E-state index in [4.69, 9.17) is 4.52 Å². The quantitative estimate of drug-likeness (QED) is 0.397. The Bertz CT molecular complexity index is 1150. The standard InChI is InChI=1S/C24H23N3O2S/c1-15-14-20(27-29-15)25-22(18-10-6-4-7-11-18)21-16(2)17(3)30-24(21)26-23(28)19-12-8-5-9-13-19/h4-14,22H,1-3H3,(H,25,27)(H,26,28)/t22-/m1/s1. The maximum atomic E-state index is 12.9. The van der Waals surface area contributed by atoms with Gasteiger partial charge in [-0.1, -0.05) is 53.7 Å². The Morgan fingerprint density at radius 1 is 1.00 bits per heavy atom. The van der Waals surface area contributed by atoms with Crippen LogP contribution in [-0.4, -0.2) is 11.1 Å². The number of carbonyl (C=O) groups excluding carboxylic acids is 1. The van der Waals surface area contributed by atoms with E-state index in [9.17, 15) is 4.79 Å². The van der Waals surface area contributed by atoms with E-state index < -0.39 is 0 Å². The minimum atomic E-state index is -0.188. The van der Waals surface area contributed by atoms with Crippen LogP contribution in [0.4, 0.5) is 10.8 Å². The van der Waals surface area contributed by atoms with Gasteiger partial charge in [0, 0.05) is 22.1 Å². The maximum absolute atomic E-state index is 12.9. The van der Waals surface area contributed by atoms with Crippen LogP contribution in [0.5, 0.6) is 0 Å². The van der Waals surface area contributed by atoms with E-state index >= 15 is 0 Å². The molecule has 2 aromatic carbocycles. The molecule has 30 heavy (non-hydrogen) atoms. The number of anilines is 2. The van der Waals surface area contributed by atoms with Crippen molar-refractivity contribution in [1.29, 1.82) is 0 Å². The first-order valence-corrected chi connectivity index (χ1v) is 10.6. The molecule has 2 N–H and O–H groups in total. The van der Waals surface area contributed by atoms with Gasteiger partial charge in [0.2, 0.25) is 0 Å². The van der Waals surface area contributed by atoms with Crippen molar-refractivity contribution >= 4 is 28.1 Å². The van der Waals surface area contributed by atoms with Crippen molar-refractivity contribution in [3.63, 3.8) is 0 Å². The molecule has 4 aromatic rings. The summed E-state index contributed by atoms with van der Waals surface area (Å²) in [5, 5.41) is 11.6. The highest BCUT2D eigenvalue weighted by Gasteiger charge is 2.25. The van der Waals surface area contributed by atoms with Gasteiger partial charge in [0.1, 0.15) is 10.8 Å². The topological polar surface area (TPSA) is 67.2 Å². The molecular formula is C24H23N3O2S. The summed E-state index contributed by atoms with van der Waals surface area (Å²) in [4.78, 5) is 14.0. The number of nitrogens with zero attached hydrogens (tertiary/aromatic N) is 1. The zero-order valence-electron chi connectivity index (χ0n) is 17.1. The summed E-state index contributed by atoms with van der Waals surface area (Å²) in [5.41, 5.74) is 3.89. The second kappa shape index (κ2) is 8.55. The molecule has 6 heteroatoms. The Balaban J connectivity index is 1.75. The second-order valence-electron chi connectivity index (χ2n) is 7.16. The van der Waals surface area contributed by atoms with Crippen LogP contribution < -0.4 is 10.6 Å². The lowest BCUT2D eigenvalue weighted by atomic mass is 9.96. The van der Waals surface area contributed by atoms with Gasteiger partial charge in [-0.25, -0.2) is 0 Å². The van der Waals surface area contributed by atoms with Crippen molar-refractivity contribution in [2.45, 2.75) is 26.8 Å². The zero-order chi connectivity index (χ0) is 21.1. The van der Waals surface area contributed by atoms with Gasteiger partial charge < -0.3 is 15.2 Å². The number of rotatable bonds is 6. The molecule has 0 saturated carbocycles. The van der Waals surface area contributed by atoms with Gasteiger partial charge in [-0.2, -0.15) is 0 Å². The highest BCUT2D eigenvalue weighted by Crippen LogP contribution is 2.41. The predicted molar refractivity (Wildman–Crippen MR) is 121 cm³/mol. The van der Waals surface area contributed by atoms with Crippen LogP contribution in [0.15, 0.2) is 71.3 Å². The third-order valence-electron chi connectivity index (χ3n) is 5.04. The molecule has 0 saturated heterocycles. The van der Waals surface area contributed by atoms with Crippen LogP contribution >= 0.6 is 11.3 Å². The van der Waals surface area contributed by atoms with Crippen LogP contribution in [0, 0.1) is 20.8 Å². The number of benzene rings is 2. The molecule has 0 aliphatic rings. The Hall–Kier alpha value is -3.38. The number of aromatic nitrogens is 1. The molecule has 1 amide bonds. The monoisotopic (exact) mass is 417 g/mol. The van der Waals surface area contributed by atoms with Crippen molar-refractivity contribution in [3.8, 4) is 0 Å². The smallest absolute Gasteiger partial charge is 0.256 e. The molecule has 0 radical (unpaired) electrons. The first-order valence-electron chi connectivity index (χ1n) is 9.74. The van der Waals surface area contributed by atoms with Crippen LogP contribution in [0.25, 0.3) is 0 Å². The summed E-state index contributed by atoms with van der Waals surface area (Å²) in [6.45, 7) is 6.02. The van der Waals surface area contributed by atoms with Gasteiger partial charge in [-0.15, -0.1) is 11.3 Å². The van der Waals surface area contributed by atoms with Crippen LogP contribution in [0.1, 0.15) is 43.7 Å². The molecule has 5 nitrogen and oxygen atoms in total. The van der Waals surface area contributed by atoms with Gasteiger partial charge in [0.25, 0.3) is 5.91 Å².